The molecule has 9 heteroatoms. The summed E-state index contributed by atoms with van der Waals surface area (Å²) >= 11 is 0. The zero-order chi connectivity index (χ0) is 20.1. The van der Waals surface area contributed by atoms with Crippen LogP contribution in [0, 0.1) is 23.0 Å². The van der Waals surface area contributed by atoms with Crippen molar-refractivity contribution in [1.29, 1.82) is 5.26 Å². The van der Waals surface area contributed by atoms with Gasteiger partial charge in [0.1, 0.15) is 5.75 Å². The molecule has 3 aromatic rings. The van der Waals surface area contributed by atoms with Gasteiger partial charge in [-0.2, -0.15) is 15.2 Å². The Morgan fingerprint density at radius 2 is 1.57 bits per heavy atom. The molecule has 1 aromatic heterocycles. The molecule has 0 saturated heterocycles. The van der Waals surface area contributed by atoms with E-state index >= 15 is 0 Å². The van der Waals surface area contributed by atoms with E-state index in [1.165, 1.54) is 20.3 Å². The molecule has 0 amide bonds. The summed E-state index contributed by atoms with van der Waals surface area (Å²) in [5.41, 5.74) is 1.09. The Morgan fingerprint density at radius 1 is 0.929 bits per heavy atom. The van der Waals surface area contributed by atoms with Gasteiger partial charge in [-0.15, -0.1) is 0 Å². The van der Waals surface area contributed by atoms with Gasteiger partial charge in [-0.05, 0) is 24.3 Å². The number of hydrogen-bond acceptors (Lipinski definition) is 7. The third-order valence-electron chi connectivity index (χ3n) is 3.57. The Labute approximate surface area is 159 Å². The van der Waals surface area contributed by atoms with Gasteiger partial charge in [-0.1, -0.05) is 0 Å². The van der Waals surface area contributed by atoms with E-state index < -0.39 is 17.4 Å². The van der Waals surface area contributed by atoms with Gasteiger partial charge in [-0.25, -0.2) is 8.78 Å². The minimum atomic E-state index is -0.948. The maximum Gasteiger partial charge on any atom is 0.233 e. The highest BCUT2D eigenvalue weighted by Gasteiger charge is 2.16. The number of methoxy groups -OCH3 is 2. The number of halogens is 2. The van der Waals surface area contributed by atoms with Crippen molar-refractivity contribution < 1.29 is 23.0 Å². The molecule has 7 nitrogen and oxygen atoms in total. The van der Waals surface area contributed by atoms with Crippen LogP contribution in [0.5, 0.6) is 23.3 Å². The van der Waals surface area contributed by atoms with Crippen LogP contribution in [0.4, 0.5) is 20.4 Å². The molecule has 28 heavy (non-hydrogen) atoms. The topological polar surface area (TPSA) is 89.3 Å². The zero-order valence-electron chi connectivity index (χ0n) is 14.9. The Kier molecular flexibility index (Phi) is 5.50. The molecule has 2 aromatic carbocycles. The van der Waals surface area contributed by atoms with Crippen molar-refractivity contribution >= 4 is 11.6 Å². The molecule has 0 saturated carbocycles. The summed E-state index contributed by atoms with van der Waals surface area (Å²) in [6.45, 7) is 0. The summed E-state index contributed by atoms with van der Waals surface area (Å²) in [5, 5.41) is 11.7. The van der Waals surface area contributed by atoms with Gasteiger partial charge in [0, 0.05) is 17.8 Å². The number of nitrogens with zero attached hydrogens (tertiary/aromatic N) is 3. The van der Waals surface area contributed by atoms with Crippen LogP contribution in [-0.2, 0) is 0 Å². The number of nitriles is 1. The number of rotatable bonds is 6. The van der Waals surface area contributed by atoms with Crippen molar-refractivity contribution in [1.82, 2.24) is 9.97 Å². The Hall–Kier alpha value is -3.93. The lowest BCUT2D eigenvalue weighted by atomic mass is 10.2. The number of aromatic nitrogens is 2. The van der Waals surface area contributed by atoms with E-state index in [2.05, 4.69) is 15.3 Å². The maximum absolute atomic E-state index is 14.1. The van der Waals surface area contributed by atoms with Gasteiger partial charge in [0.05, 0.1) is 31.9 Å². The van der Waals surface area contributed by atoms with Gasteiger partial charge in [-0.3, -0.25) is 0 Å². The normalized spacial score (nSPS) is 10.1. The molecule has 0 aliphatic carbocycles. The number of anilines is 2. The van der Waals surface area contributed by atoms with E-state index in [1.807, 2.05) is 6.07 Å². The highest BCUT2D eigenvalue weighted by Crippen LogP contribution is 2.32. The molecule has 0 radical (unpaired) electrons. The summed E-state index contributed by atoms with van der Waals surface area (Å²) in [6, 6.07) is 11.8. The van der Waals surface area contributed by atoms with Crippen LogP contribution in [0.1, 0.15) is 5.56 Å². The third-order valence-corrected chi connectivity index (χ3v) is 3.57. The lowest BCUT2D eigenvalue weighted by Crippen LogP contribution is -2.02. The molecule has 0 bridgehead atoms. The van der Waals surface area contributed by atoms with Crippen LogP contribution in [-0.4, -0.2) is 24.2 Å². The number of hydrogen-bond donors (Lipinski definition) is 1. The quantitative estimate of drug-likeness (QED) is 0.682. The highest BCUT2D eigenvalue weighted by molar-refractivity contribution is 5.55. The average Bonchev–Trinajstić information content (AvgIpc) is 2.70. The standard InChI is InChI=1S/C19H14F2N4O3/c1-26-13-7-14(20)18(15(21)8-13)28-17-9-16(27-2)24-19(25-17)23-12-5-3-11(10-22)4-6-12/h3-9H,1-2H3,(H,23,24,25). The van der Waals surface area contributed by atoms with E-state index in [1.54, 1.807) is 24.3 Å². The number of ether oxygens (including phenoxy) is 3. The monoisotopic (exact) mass is 384 g/mol. The van der Waals surface area contributed by atoms with Crippen LogP contribution in [0.3, 0.4) is 0 Å². The van der Waals surface area contributed by atoms with Crippen molar-refractivity contribution in [2.45, 2.75) is 0 Å². The van der Waals surface area contributed by atoms with Gasteiger partial charge in [0.2, 0.25) is 23.5 Å². The number of nitrogens with one attached hydrogen (secondary N) is 1. The largest absolute Gasteiger partial charge is 0.497 e. The Balaban J connectivity index is 1.90. The summed E-state index contributed by atoms with van der Waals surface area (Å²) < 4.78 is 43.4. The molecule has 142 valence electrons. The Bertz CT molecular complexity index is 1010. The predicted octanol–water partition coefficient (Wildman–Crippen LogP) is 4.18. The summed E-state index contributed by atoms with van der Waals surface area (Å²) in [6.07, 6.45) is 0. The average molecular weight is 384 g/mol. The van der Waals surface area contributed by atoms with Crippen molar-refractivity contribution in [3.63, 3.8) is 0 Å². The first-order chi connectivity index (χ1) is 13.5. The van der Waals surface area contributed by atoms with E-state index in [9.17, 15) is 8.78 Å². The fourth-order valence-electron chi connectivity index (χ4n) is 2.23. The fourth-order valence-corrected chi connectivity index (χ4v) is 2.23. The summed E-state index contributed by atoms with van der Waals surface area (Å²) in [5.74, 6) is -2.45. The first-order valence-corrected chi connectivity index (χ1v) is 7.93. The van der Waals surface area contributed by atoms with Gasteiger partial charge < -0.3 is 19.5 Å². The lowest BCUT2D eigenvalue weighted by molar-refractivity contribution is 0.367. The minimum absolute atomic E-state index is 0.0192. The molecule has 3 rings (SSSR count). The second-order valence-corrected chi connectivity index (χ2v) is 5.41. The Morgan fingerprint density at radius 3 is 2.14 bits per heavy atom. The first kappa shape index (κ1) is 18.8. The third kappa shape index (κ3) is 4.24. The predicted molar refractivity (Wildman–Crippen MR) is 96.0 cm³/mol. The van der Waals surface area contributed by atoms with Gasteiger partial charge in [0.15, 0.2) is 11.6 Å². The minimum Gasteiger partial charge on any atom is -0.497 e. The molecule has 0 aliphatic heterocycles. The molecule has 0 atom stereocenters. The lowest BCUT2D eigenvalue weighted by Gasteiger charge is -2.11. The molecular formula is C19H14F2N4O3. The fraction of sp³-hybridized carbons (Fsp3) is 0.105. The molecule has 0 aliphatic rings. The highest BCUT2D eigenvalue weighted by atomic mass is 19.1. The molecule has 0 unspecified atom stereocenters. The van der Waals surface area contributed by atoms with Crippen LogP contribution in [0.25, 0.3) is 0 Å². The first-order valence-electron chi connectivity index (χ1n) is 7.93. The van der Waals surface area contributed by atoms with Crippen molar-refractivity contribution in [3.8, 4) is 29.3 Å². The van der Waals surface area contributed by atoms with E-state index in [0.29, 0.717) is 11.3 Å². The zero-order valence-corrected chi connectivity index (χ0v) is 14.9. The molecule has 0 fully saturated rings. The maximum atomic E-state index is 14.1. The van der Waals surface area contributed by atoms with Gasteiger partial charge in [0.25, 0.3) is 0 Å². The van der Waals surface area contributed by atoms with E-state index in [0.717, 1.165) is 12.1 Å². The van der Waals surface area contributed by atoms with Crippen molar-refractivity contribution in [3.05, 3.63) is 59.7 Å². The molecule has 0 spiro atoms. The van der Waals surface area contributed by atoms with Crippen LogP contribution in [0.15, 0.2) is 42.5 Å². The van der Waals surface area contributed by atoms with Crippen LogP contribution >= 0.6 is 0 Å². The molecular weight excluding hydrogens is 370 g/mol. The summed E-state index contributed by atoms with van der Waals surface area (Å²) in [4.78, 5) is 8.19. The van der Waals surface area contributed by atoms with E-state index in [4.69, 9.17) is 19.5 Å². The SMILES string of the molecule is COc1cc(F)c(Oc2cc(OC)nc(Nc3ccc(C#N)cc3)n2)c(F)c1. The molecule has 1 heterocycles. The summed E-state index contributed by atoms with van der Waals surface area (Å²) in [7, 11) is 2.68. The van der Waals surface area contributed by atoms with Crippen molar-refractivity contribution in [2.24, 2.45) is 0 Å². The second-order valence-electron chi connectivity index (χ2n) is 5.41. The van der Waals surface area contributed by atoms with Crippen LogP contribution < -0.4 is 19.5 Å². The molecule has 1 N–H and O–H groups in total. The van der Waals surface area contributed by atoms with Crippen molar-refractivity contribution in [2.75, 3.05) is 19.5 Å². The smallest absolute Gasteiger partial charge is 0.233 e. The van der Waals surface area contributed by atoms with Gasteiger partial charge >= 0.3 is 0 Å². The van der Waals surface area contributed by atoms with E-state index in [-0.39, 0.29) is 23.5 Å². The second kappa shape index (κ2) is 8.18. The van der Waals surface area contributed by atoms with Crippen LogP contribution in [0.2, 0.25) is 0 Å². The number of benzene rings is 2.